The summed E-state index contributed by atoms with van der Waals surface area (Å²) in [5.74, 6) is 0.291. The molecule has 1 aromatic heterocycles. The molecule has 0 fully saturated rings. The lowest BCUT2D eigenvalue weighted by Crippen LogP contribution is -2.17. The van der Waals surface area contributed by atoms with E-state index in [0.29, 0.717) is 12.5 Å². The lowest BCUT2D eigenvalue weighted by molar-refractivity contribution is 0.495. The van der Waals surface area contributed by atoms with Crippen molar-refractivity contribution < 1.29 is 4.39 Å². The number of hydrogen-bond acceptors (Lipinski definition) is 2. The summed E-state index contributed by atoms with van der Waals surface area (Å²) < 4.78 is 12.8. The highest BCUT2D eigenvalue weighted by molar-refractivity contribution is 7.09. The Kier molecular flexibility index (Phi) is 4.90. The van der Waals surface area contributed by atoms with Gasteiger partial charge < -0.3 is 5.73 Å². The van der Waals surface area contributed by atoms with Gasteiger partial charge in [0, 0.05) is 4.88 Å². The highest BCUT2D eigenvalue weighted by atomic mass is 32.1. The van der Waals surface area contributed by atoms with Crippen LogP contribution >= 0.6 is 11.3 Å². The van der Waals surface area contributed by atoms with E-state index in [1.807, 2.05) is 12.1 Å². The molecule has 0 aliphatic heterocycles. The van der Waals surface area contributed by atoms with Gasteiger partial charge in [-0.15, -0.1) is 11.3 Å². The Morgan fingerprint density at radius 1 is 1.17 bits per heavy atom. The summed E-state index contributed by atoms with van der Waals surface area (Å²) in [6.07, 6.45) is 3.11. The molecule has 1 nitrogen and oxygen atoms in total. The molecule has 0 spiro atoms. The van der Waals surface area contributed by atoms with E-state index in [0.717, 1.165) is 24.8 Å². The molecule has 1 unspecified atom stereocenters. The van der Waals surface area contributed by atoms with E-state index in [2.05, 4.69) is 17.5 Å². The van der Waals surface area contributed by atoms with Crippen LogP contribution in [-0.2, 0) is 12.8 Å². The summed E-state index contributed by atoms with van der Waals surface area (Å²) in [6.45, 7) is 0.683. The number of nitrogens with two attached hydrogens (primary N) is 1. The number of thiophene rings is 1. The third-order valence-corrected chi connectivity index (χ3v) is 4.09. The van der Waals surface area contributed by atoms with Gasteiger partial charge in [0.2, 0.25) is 0 Å². The third kappa shape index (κ3) is 3.93. The highest BCUT2D eigenvalue weighted by Gasteiger charge is 2.08. The van der Waals surface area contributed by atoms with Crippen molar-refractivity contribution in [2.75, 3.05) is 6.54 Å². The van der Waals surface area contributed by atoms with Gasteiger partial charge in [0.15, 0.2) is 0 Å². The van der Waals surface area contributed by atoms with Crippen molar-refractivity contribution in [3.63, 3.8) is 0 Å². The van der Waals surface area contributed by atoms with E-state index in [1.54, 1.807) is 11.3 Å². The molecule has 2 N–H and O–H groups in total. The zero-order valence-electron chi connectivity index (χ0n) is 10.3. The fraction of sp³-hybridized carbons (Fsp3) is 0.333. The summed E-state index contributed by atoms with van der Waals surface area (Å²) in [4.78, 5) is 1.41. The van der Waals surface area contributed by atoms with E-state index in [4.69, 9.17) is 5.73 Å². The quantitative estimate of drug-likeness (QED) is 0.846. The summed E-state index contributed by atoms with van der Waals surface area (Å²) in [6, 6.07) is 11.0. The lowest BCUT2D eigenvalue weighted by atomic mass is 9.94. The van der Waals surface area contributed by atoms with Crippen molar-refractivity contribution in [2.24, 2.45) is 11.7 Å². The first-order chi connectivity index (χ1) is 8.78. The smallest absolute Gasteiger partial charge is 0.123 e. The van der Waals surface area contributed by atoms with Crippen LogP contribution in [0.25, 0.3) is 0 Å². The molecule has 0 saturated carbocycles. The molecule has 1 aromatic carbocycles. The Morgan fingerprint density at radius 2 is 1.94 bits per heavy atom. The van der Waals surface area contributed by atoms with Gasteiger partial charge in [-0.1, -0.05) is 18.2 Å². The normalized spacial score (nSPS) is 12.6. The maximum Gasteiger partial charge on any atom is 0.123 e. The first-order valence-electron chi connectivity index (χ1n) is 6.25. The summed E-state index contributed by atoms with van der Waals surface area (Å²) >= 11 is 1.79. The van der Waals surface area contributed by atoms with Gasteiger partial charge in [-0.25, -0.2) is 4.39 Å². The molecule has 18 heavy (non-hydrogen) atoms. The molecule has 2 aromatic rings. The van der Waals surface area contributed by atoms with Gasteiger partial charge in [0.05, 0.1) is 0 Å². The molecule has 1 atom stereocenters. The van der Waals surface area contributed by atoms with Crippen molar-refractivity contribution in [3.05, 3.63) is 58.0 Å². The molecule has 1 heterocycles. The second-order valence-electron chi connectivity index (χ2n) is 4.55. The fourth-order valence-corrected chi connectivity index (χ4v) is 2.78. The van der Waals surface area contributed by atoms with Gasteiger partial charge >= 0.3 is 0 Å². The molecule has 0 saturated heterocycles. The maximum atomic E-state index is 12.8. The average Bonchev–Trinajstić information content (AvgIpc) is 2.90. The van der Waals surface area contributed by atoms with Gasteiger partial charge in [-0.2, -0.15) is 0 Å². The Morgan fingerprint density at radius 3 is 2.56 bits per heavy atom. The van der Waals surface area contributed by atoms with Crippen molar-refractivity contribution in [3.8, 4) is 0 Å². The van der Waals surface area contributed by atoms with Gasteiger partial charge in [0.25, 0.3) is 0 Å². The summed E-state index contributed by atoms with van der Waals surface area (Å²) in [7, 11) is 0. The van der Waals surface area contributed by atoms with E-state index >= 15 is 0 Å². The number of rotatable bonds is 6. The topological polar surface area (TPSA) is 26.0 Å². The van der Waals surface area contributed by atoms with E-state index < -0.39 is 0 Å². The number of hydrogen-bond donors (Lipinski definition) is 1. The van der Waals surface area contributed by atoms with Crippen molar-refractivity contribution >= 4 is 11.3 Å². The predicted octanol–water partition coefficient (Wildman–Crippen LogP) is 3.64. The Labute approximate surface area is 111 Å². The number of aryl methyl sites for hydroxylation is 1. The third-order valence-electron chi connectivity index (χ3n) is 3.15. The minimum atomic E-state index is -0.179. The van der Waals surface area contributed by atoms with Crippen LogP contribution in [0.15, 0.2) is 41.8 Å². The largest absolute Gasteiger partial charge is 0.330 e. The monoisotopic (exact) mass is 263 g/mol. The molecule has 0 radical (unpaired) electrons. The average molecular weight is 263 g/mol. The van der Waals surface area contributed by atoms with E-state index in [1.165, 1.54) is 17.0 Å². The molecule has 0 amide bonds. The molecule has 0 bridgehead atoms. The zero-order chi connectivity index (χ0) is 12.8. The molecular formula is C15H18FNS. The second-order valence-corrected chi connectivity index (χ2v) is 5.58. The van der Waals surface area contributed by atoms with E-state index in [9.17, 15) is 4.39 Å². The van der Waals surface area contributed by atoms with Crippen LogP contribution in [0.2, 0.25) is 0 Å². The van der Waals surface area contributed by atoms with Crippen molar-refractivity contribution in [1.29, 1.82) is 0 Å². The summed E-state index contributed by atoms with van der Waals surface area (Å²) in [5.41, 5.74) is 6.98. The van der Waals surface area contributed by atoms with Crippen LogP contribution in [-0.4, -0.2) is 6.54 Å². The zero-order valence-corrected chi connectivity index (χ0v) is 11.1. The Bertz CT molecular complexity index is 450. The van der Waals surface area contributed by atoms with Gasteiger partial charge in [0.1, 0.15) is 5.82 Å². The van der Waals surface area contributed by atoms with Crippen molar-refractivity contribution in [2.45, 2.75) is 19.3 Å². The molecule has 3 heteroatoms. The fourth-order valence-electron chi connectivity index (χ4n) is 2.06. The van der Waals surface area contributed by atoms with Crippen LogP contribution in [0.4, 0.5) is 4.39 Å². The van der Waals surface area contributed by atoms with Crippen molar-refractivity contribution in [1.82, 2.24) is 0 Å². The van der Waals surface area contributed by atoms with E-state index in [-0.39, 0.29) is 5.82 Å². The predicted molar refractivity (Wildman–Crippen MR) is 75.3 cm³/mol. The lowest BCUT2D eigenvalue weighted by Gasteiger charge is -2.14. The van der Waals surface area contributed by atoms with Gasteiger partial charge in [-0.05, 0) is 60.9 Å². The first kappa shape index (κ1) is 13.2. The SMILES string of the molecule is NCC(CCc1cccs1)Cc1ccc(F)cc1. The number of benzene rings is 1. The highest BCUT2D eigenvalue weighted by Crippen LogP contribution is 2.17. The first-order valence-corrected chi connectivity index (χ1v) is 7.13. The van der Waals surface area contributed by atoms with Gasteiger partial charge in [-0.3, -0.25) is 0 Å². The standard InChI is InChI=1S/C15H18FNS/c16-14-6-3-12(4-7-14)10-13(11-17)5-8-15-2-1-9-18-15/h1-4,6-7,9,13H,5,8,10-11,17H2. The molecule has 0 aliphatic rings. The second kappa shape index (κ2) is 6.66. The van der Waals surface area contributed by atoms with Crippen LogP contribution in [0, 0.1) is 11.7 Å². The Balaban J connectivity index is 1.87. The maximum absolute atomic E-state index is 12.8. The van der Waals surface area contributed by atoms with Crippen LogP contribution < -0.4 is 5.73 Å². The molecular weight excluding hydrogens is 245 g/mol. The molecule has 2 rings (SSSR count). The van der Waals surface area contributed by atoms with Crippen LogP contribution in [0.5, 0.6) is 0 Å². The summed E-state index contributed by atoms with van der Waals surface area (Å²) in [5, 5.41) is 2.10. The minimum Gasteiger partial charge on any atom is -0.330 e. The molecule has 0 aliphatic carbocycles. The van der Waals surface area contributed by atoms with Crippen LogP contribution in [0.1, 0.15) is 16.9 Å². The Hall–Kier alpha value is -1.19. The minimum absolute atomic E-state index is 0.179. The van der Waals surface area contributed by atoms with Crippen LogP contribution in [0.3, 0.4) is 0 Å². The molecule has 96 valence electrons. The number of halogens is 1.